The first-order chi connectivity index (χ1) is 9.90. The fourth-order valence-electron chi connectivity index (χ4n) is 2.36. The highest BCUT2D eigenvalue weighted by Gasteiger charge is 2.32. The number of nitrogens with zero attached hydrogens (tertiary/aromatic N) is 2. The number of halogens is 2. The highest BCUT2D eigenvalue weighted by atomic mass is 19.3. The predicted octanol–water partition coefficient (Wildman–Crippen LogP) is 2.25. The van der Waals surface area contributed by atoms with Gasteiger partial charge in [0, 0.05) is 24.4 Å². The van der Waals surface area contributed by atoms with Crippen LogP contribution in [0.1, 0.15) is 12.8 Å². The summed E-state index contributed by atoms with van der Waals surface area (Å²) in [5.41, 5.74) is -0.286. The number of benzene rings is 1. The fraction of sp³-hybridized carbons (Fsp3) is 0.417. The summed E-state index contributed by atoms with van der Waals surface area (Å²) in [6.07, 6.45) is 1.07. The van der Waals surface area contributed by atoms with Crippen LogP contribution < -0.4 is 9.64 Å². The zero-order valence-corrected chi connectivity index (χ0v) is 10.7. The Labute approximate surface area is 117 Å². The van der Waals surface area contributed by atoms with Crippen molar-refractivity contribution in [2.24, 2.45) is 0 Å². The van der Waals surface area contributed by atoms with Gasteiger partial charge in [0.1, 0.15) is 6.04 Å². The third-order valence-electron chi connectivity index (χ3n) is 3.23. The third kappa shape index (κ3) is 3.18. The molecule has 0 saturated carbocycles. The molecular weight excluding hydrogens is 290 g/mol. The molecule has 1 aromatic carbocycles. The van der Waals surface area contributed by atoms with Gasteiger partial charge in [-0.3, -0.25) is 10.1 Å². The van der Waals surface area contributed by atoms with E-state index in [1.807, 2.05) is 0 Å². The summed E-state index contributed by atoms with van der Waals surface area (Å²) in [5.74, 6) is -1.61. The molecule has 0 aromatic heterocycles. The van der Waals surface area contributed by atoms with E-state index >= 15 is 0 Å². The van der Waals surface area contributed by atoms with Crippen LogP contribution in [-0.4, -0.2) is 35.2 Å². The minimum atomic E-state index is -3.20. The monoisotopic (exact) mass is 302 g/mol. The van der Waals surface area contributed by atoms with E-state index in [9.17, 15) is 23.7 Å². The van der Waals surface area contributed by atoms with Crippen molar-refractivity contribution in [3.63, 3.8) is 0 Å². The smallest absolute Gasteiger partial charge is 0.387 e. The van der Waals surface area contributed by atoms with Crippen LogP contribution in [0.5, 0.6) is 5.75 Å². The molecule has 21 heavy (non-hydrogen) atoms. The second-order valence-corrected chi connectivity index (χ2v) is 4.48. The Hall–Kier alpha value is -2.45. The molecule has 1 saturated heterocycles. The first kappa shape index (κ1) is 14.9. The van der Waals surface area contributed by atoms with Gasteiger partial charge in [-0.15, -0.1) is 0 Å². The average molecular weight is 302 g/mol. The van der Waals surface area contributed by atoms with Gasteiger partial charge in [0.2, 0.25) is 5.75 Å². The van der Waals surface area contributed by atoms with Gasteiger partial charge in [0.15, 0.2) is 0 Å². The van der Waals surface area contributed by atoms with Crippen molar-refractivity contribution in [1.29, 1.82) is 0 Å². The second kappa shape index (κ2) is 5.90. The molecule has 9 heteroatoms. The van der Waals surface area contributed by atoms with E-state index in [1.165, 1.54) is 11.0 Å². The molecule has 1 aromatic rings. The Bertz CT molecular complexity index is 567. The molecular formula is C12H12F2N2O5. The zero-order chi connectivity index (χ0) is 15.6. The van der Waals surface area contributed by atoms with Crippen LogP contribution in [0.15, 0.2) is 18.2 Å². The molecule has 1 atom stereocenters. The molecule has 7 nitrogen and oxygen atoms in total. The highest BCUT2D eigenvalue weighted by Crippen LogP contribution is 2.35. The SMILES string of the molecule is O=C(O)C1CCCN1c1ccc([N+](=O)[O-])c(OC(F)F)c1. The van der Waals surface area contributed by atoms with Crippen molar-refractivity contribution >= 4 is 17.3 Å². The van der Waals surface area contributed by atoms with Crippen LogP contribution in [0.3, 0.4) is 0 Å². The Morgan fingerprint density at radius 2 is 2.24 bits per heavy atom. The van der Waals surface area contributed by atoms with Crippen molar-refractivity contribution in [3.8, 4) is 5.75 Å². The molecule has 1 aliphatic rings. The summed E-state index contributed by atoms with van der Waals surface area (Å²) in [5, 5.41) is 19.9. The first-order valence-electron chi connectivity index (χ1n) is 6.13. The number of ether oxygens (including phenoxy) is 1. The van der Waals surface area contributed by atoms with Crippen molar-refractivity contribution < 1.29 is 28.3 Å². The van der Waals surface area contributed by atoms with Gasteiger partial charge in [-0.2, -0.15) is 8.78 Å². The lowest BCUT2D eigenvalue weighted by atomic mass is 10.2. The number of nitro groups is 1. The Kier molecular flexibility index (Phi) is 4.20. The number of anilines is 1. The van der Waals surface area contributed by atoms with Crippen LogP contribution in [0.25, 0.3) is 0 Å². The summed E-state index contributed by atoms with van der Waals surface area (Å²) < 4.78 is 28.8. The number of rotatable bonds is 5. The number of carboxylic acids is 1. The minimum Gasteiger partial charge on any atom is -0.480 e. The molecule has 1 heterocycles. The molecule has 0 aliphatic carbocycles. The van der Waals surface area contributed by atoms with Crippen LogP contribution in [0.4, 0.5) is 20.2 Å². The molecule has 0 amide bonds. The standard InChI is InChI=1S/C12H12F2N2O5/c13-12(14)21-10-6-7(3-4-8(10)16(19)20)15-5-1-2-9(15)11(17)18/h3-4,6,9,12H,1-2,5H2,(H,17,18). The summed E-state index contributed by atoms with van der Waals surface area (Å²) in [6, 6.07) is 2.67. The van der Waals surface area contributed by atoms with Crippen LogP contribution in [0, 0.1) is 10.1 Å². The molecule has 0 radical (unpaired) electrons. The molecule has 2 rings (SSSR count). The average Bonchev–Trinajstić information content (AvgIpc) is 2.86. The van der Waals surface area contributed by atoms with Crippen molar-refractivity contribution in [2.75, 3.05) is 11.4 Å². The van der Waals surface area contributed by atoms with E-state index in [0.29, 0.717) is 25.1 Å². The summed E-state index contributed by atoms with van der Waals surface area (Å²) in [4.78, 5) is 22.6. The number of nitro benzene ring substituents is 1. The largest absolute Gasteiger partial charge is 0.480 e. The quantitative estimate of drug-likeness (QED) is 0.662. The van der Waals surface area contributed by atoms with Crippen molar-refractivity contribution in [2.45, 2.75) is 25.5 Å². The van der Waals surface area contributed by atoms with Crippen LogP contribution >= 0.6 is 0 Å². The highest BCUT2D eigenvalue weighted by molar-refractivity contribution is 5.79. The maximum atomic E-state index is 12.3. The van der Waals surface area contributed by atoms with Gasteiger partial charge in [-0.05, 0) is 18.9 Å². The predicted molar refractivity (Wildman–Crippen MR) is 67.7 cm³/mol. The lowest BCUT2D eigenvalue weighted by Crippen LogP contribution is -2.35. The minimum absolute atomic E-state index is 0.307. The second-order valence-electron chi connectivity index (χ2n) is 4.48. The van der Waals surface area contributed by atoms with Gasteiger partial charge < -0.3 is 14.7 Å². The van der Waals surface area contributed by atoms with E-state index in [0.717, 1.165) is 12.1 Å². The maximum absolute atomic E-state index is 12.3. The van der Waals surface area contributed by atoms with E-state index in [4.69, 9.17) is 5.11 Å². The molecule has 0 bridgehead atoms. The molecule has 1 aliphatic heterocycles. The molecule has 1 N–H and O–H groups in total. The Morgan fingerprint density at radius 3 is 2.81 bits per heavy atom. The number of hydrogen-bond acceptors (Lipinski definition) is 5. The molecule has 1 fully saturated rings. The topological polar surface area (TPSA) is 92.9 Å². The molecule has 114 valence electrons. The summed E-state index contributed by atoms with van der Waals surface area (Å²) in [7, 11) is 0. The van der Waals surface area contributed by atoms with Gasteiger partial charge >= 0.3 is 18.3 Å². The van der Waals surface area contributed by atoms with Gasteiger partial charge in [-0.1, -0.05) is 0 Å². The van der Waals surface area contributed by atoms with Crippen molar-refractivity contribution in [1.82, 2.24) is 0 Å². The van der Waals surface area contributed by atoms with Gasteiger partial charge in [-0.25, -0.2) is 4.79 Å². The van der Waals surface area contributed by atoms with E-state index < -0.39 is 35.0 Å². The lowest BCUT2D eigenvalue weighted by Gasteiger charge is -2.24. The Balaban J connectivity index is 2.37. The van der Waals surface area contributed by atoms with Gasteiger partial charge in [0.25, 0.3) is 0 Å². The third-order valence-corrected chi connectivity index (χ3v) is 3.23. The fourth-order valence-corrected chi connectivity index (χ4v) is 2.36. The summed E-state index contributed by atoms with van der Waals surface area (Å²) >= 11 is 0. The van der Waals surface area contributed by atoms with Crippen molar-refractivity contribution in [3.05, 3.63) is 28.3 Å². The number of hydrogen-bond donors (Lipinski definition) is 1. The van der Waals surface area contributed by atoms with Crippen LogP contribution in [-0.2, 0) is 4.79 Å². The van der Waals surface area contributed by atoms with Gasteiger partial charge in [0.05, 0.1) is 4.92 Å². The maximum Gasteiger partial charge on any atom is 0.387 e. The lowest BCUT2D eigenvalue weighted by molar-refractivity contribution is -0.386. The van der Waals surface area contributed by atoms with E-state index in [-0.39, 0.29) is 0 Å². The normalized spacial score (nSPS) is 18.0. The molecule has 1 unspecified atom stereocenters. The summed E-state index contributed by atoms with van der Waals surface area (Å²) in [6.45, 7) is -2.77. The molecule has 0 spiro atoms. The van der Waals surface area contributed by atoms with E-state index in [2.05, 4.69) is 4.74 Å². The first-order valence-corrected chi connectivity index (χ1v) is 6.13. The zero-order valence-electron chi connectivity index (χ0n) is 10.7. The number of carboxylic acid groups (broad SMARTS) is 1. The number of alkyl halides is 2. The number of carbonyl (C=O) groups is 1. The van der Waals surface area contributed by atoms with E-state index in [1.54, 1.807) is 0 Å². The van der Waals surface area contributed by atoms with Crippen LogP contribution in [0.2, 0.25) is 0 Å². The number of aliphatic carboxylic acids is 1. The Morgan fingerprint density at radius 1 is 1.52 bits per heavy atom.